The van der Waals surface area contributed by atoms with E-state index in [0.29, 0.717) is 6.54 Å². The first-order valence-electron chi connectivity index (χ1n) is 8.58. The number of aromatic nitrogens is 1. The third-order valence-corrected chi connectivity index (χ3v) is 5.98. The highest BCUT2D eigenvalue weighted by Crippen LogP contribution is 2.32. The second-order valence-corrected chi connectivity index (χ2v) is 7.47. The molecule has 0 aliphatic carbocycles. The SMILES string of the molecule is COc1ccc2c(c1)CCN([C@H](C)c1ccc3scnc3c1)C[C@H]2O. The van der Waals surface area contributed by atoms with Crippen molar-refractivity contribution in [1.82, 2.24) is 9.88 Å². The average molecular weight is 354 g/mol. The largest absolute Gasteiger partial charge is 0.497 e. The molecule has 0 bridgehead atoms. The van der Waals surface area contributed by atoms with Crippen molar-refractivity contribution in [2.45, 2.75) is 25.5 Å². The molecule has 25 heavy (non-hydrogen) atoms. The Balaban J connectivity index is 1.59. The van der Waals surface area contributed by atoms with Crippen LogP contribution in [0.5, 0.6) is 5.75 Å². The van der Waals surface area contributed by atoms with E-state index in [2.05, 4.69) is 35.0 Å². The summed E-state index contributed by atoms with van der Waals surface area (Å²) in [6.45, 7) is 3.75. The molecule has 4 rings (SSSR count). The maximum absolute atomic E-state index is 10.7. The number of hydrogen-bond donors (Lipinski definition) is 1. The number of fused-ring (bicyclic) bond motifs is 2. The van der Waals surface area contributed by atoms with E-state index in [4.69, 9.17) is 4.74 Å². The number of aliphatic hydroxyl groups excluding tert-OH is 1. The summed E-state index contributed by atoms with van der Waals surface area (Å²) in [5, 5.41) is 10.7. The molecule has 1 aliphatic rings. The van der Waals surface area contributed by atoms with Crippen molar-refractivity contribution in [3.05, 3.63) is 58.6 Å². The summed E-state index contributed by atoms with van der Waals surface area (Å²) >= 11 is 1.67. The van der Waals surface area contributed by atoms with E-state index in [1.54, 1.807) is 18.4 Å². The Morgan fingerprint density at radius 3 is 3.00 bits per heavy atom. The van der Waals surface area contributed by atoms with Crippen LogP contribution in [0.3, 0.4) is 0 Å². The molecule has 1 aromatic heterocycles. The molecule has 2 atom stereocenters. The summed E-state index contributed by atoms with van der Waals surface area (Å²) in [6.07, 6.45) is 0.432. The van der Waals surface area contributed by atoms with Gasteiger partial charge in [-0.2, -0.15) is 0 Å². The molecule has 4 nitrogen and oxygen atoms in total. The first-order valence-corrected chi connectivity index (χ1v) is 9.46. The molecular weight excluding hydrogens is 332 g/mol. The number of aliphatic hydroxyl groups is 1. The average Bonchev–Trinajstić information content (AvgIpc) is 3.05. The van der Waals surface area contributed by atoms with Crippen LogP contribution < -0.4 is 4.74 Å². The lowest BCUT2D eigenvalue weighted by Crippen LogP contribution is -2.31. The van der Waals surface area contributed by atoms with Gasteiger partial charge in [0.1, 0.15) is 5.75 Å². The zero-order chi connectivity index (χ0) is 17.4. The molecular formula is C20H22N2O2S. The number of β-amino-alcohol motifs (C(OH)–C–C–N with tert-alkyl or cyclic N) is 1. The van der Waals surface area contributed by atoms with Crippen molar-refractivity contribution in [3.8, 4) is 5.75 Å². The van der Waals surface area contributed by atoms with Crippen molar-refractivity contribution in [1.29, 1.82) is 0 Å². The van der Waals surface area contributed by atoms with Gasteiger partial charge in [-0.25, -0.2) is 4.98 Å². The van der Waals surface area contributed by atoms with E-state index in [1.807, 2.05) is 23.7 Å². The smallest absolute Gasteiger partial charge is 0.119 e. The van der Waals surface area contributed by atoms with Gasteiger partial charge in [-0.1, -0.05) is 12.1 Å². The number of methoxy groups -OCH3 is 1. The highest BCUT2D eigenvalue weighted by molar-refractivity contribution is 7.16. The van der Waals surface area contributed by atoms with Gasteiger partial charge in [0, 0.05) is 19.1 Å². The third kappa shape index (κ3) is 3.15. The van der Waals surface area contributed by atoms with Crippen LogP contribution in [0, 0.1) is 0 Å². The summed E-state index contributed by atoms with van der Waals surface area (Å²) in [5.41, 5.74) is 6.38. The lowest BCUT2D eigenvalue weighted by atomic mass is 10.0. The predicted octanol–water partition coefficient (Wildman–Crippen LogP) is 3.96. The molecule has 130 valence electrons. The molecule has 2 heterocycles. The number of thiazole rings is 1. The minimum Gasteiger partial charge on any atom is -0.497 e. The second kappa shape index (κ2) is 6.75. The Bertz CT molecular complexity index is 892. The standard InChI is InChI=1S/C20H22N2O2S/c1-13(14-3-6-20-18(10-14)21-12-25-20)22-8-7-15-9-16(24-2)4-5-17(15)19(23)11-22/h3-6,9-10,12-13,19,23H,7-8,11H2,1-2H3/t13-,19-/m1/s1. The summed E-state index contributed by atoms with van der Waals surface area (Å²) in [5.74, 6) is 0.849. The molecule has 0 saturated carbocycles. The Hall–Kier alpha value is -1.95. The van der Waals surface area contributed by atoms with Crippen LogP contribution in [0.4, 0.5) is 0 Å². The van der Waals surface area contributed by atoms with Crippen LogP contribution in [0.2, 0.25) is 0 Å². The Kier molecular flexibility index (Phi) is 4.46. The van der Waals surface area contributed by atoms with Crippen LogP contribution in [0.1, 0.15) is 35.8 Å². The third-order valence-electron chi connectivity index (χ3n) is 5.17. The summed E-state index contributed by atoms with van der Waals surface area (Å²) in [6, 6.07) is 12.7. The Morgan fingerprint density at radius 2 is 2.16 bits per heavy atom. The van der Waals surface area contributed by atoms with Crippen molar-refractivity contribution >= 4 is 21.6 Å². The highest BCUT2D eigenvalue weighted by atomic mass is 32.1. The minimum atomic E-state index is -0.478. The van der Waals surface area contributed by atoms with Crippen molar-refractivity contribution in [2.24, 2.45) is 0 Å². The molecule has 2 aromatic carbocycles. The van der Waals surface area contributed by atoms with Crippen molar-refractivity contribution < 1.29 is 9.84 Å². The van der Waals surface area contributed by atoms with Crippen LogP contribution in [0.15, 0.2) is 41.9 Å². The lowest BCUT2D eigenvalue weighted by Gasteiger charge is -2.29. The van der Waals surface area contributed by atoms with Crippen LogP contribution in [-0.4, -0.2) is 35.2 Å². The molecule has 0 amide bonds. The van der Waals surface area contributed by atoms with Crippen LogP contribution in [0.25, 0.3) is 10.2 Å². The van der Waals surface area contributed by atoms with Crippen molar-refractivity contribution in [2.75, 3.05) is 20.2 Å². The number of nitrogens with zero attached hydrogens (tertiary/aromatic N) is 2. The van der Waals surface area contributed by atoms with Gasteiger partial charge in [-0.05, 0) is 54.3 Å². The number of hydrogen-bond acceptors (Lipinski definition) is 5. The van der Waals surface area contributed by atoms with Crippen molar-refractivity contribution in [3.63, 3.8) is 0 Å². The fraction of sp³-hybridized carbons (Fsp3) is 0.350. The Labute approximate surface area is 151 Å². The van der Waals surface area contributed by atoms with E-state index >= 15 is 0 Å². The lowest BCUT2D eigenvalue weighted by molar-refractivity contribution is 0.0985. The summed E-state index contributed by atoms with van der Waals surface area (Å²) in [7, 11) is 1.68. The first kappa shape index (κ1) is 16.5. The van der Waals surface area contributed by atoms with Gasteiger partial charge in [0.15, 0.2) is 0 Å². The monoisotopic (exact) mass is 354 g/mol. The van der Waals surface area contributed by atoms with E-state index < -0.39 is 6.10 Å². The second-order valence-electron chi connectivity index (χ2n) is 6.58. The fourth-order valence-corrected chi connectivity index (χ4v) is 4.28. The quantitative estimate of drug-likeness (QED) is 0.773. The summed E-state index contributed by atoms with van der Waals surface area (Å²) < 4.78 is 6.55. The molecule has 0 fully saturated rings. The van der Waals surface area contributed by atoms with Crippen LogP contribution >= 0.6 is 11.3 Å². The van der Waals surface area contributed by atoms with Gasteiger partial charge in [0.2, 0.25) is 0 Å². The minimum absolute atomic E-state index is 0.233. The van der Waals surface area contributed by atoms with Gasteiger partial charge >= 0.3 is 0 Å². The molecule has 5 heteroatoms. The van der Waals surface area contributed by atoms with E-state index in [-0.39, 0.29) is 6.04 Å². The molecule has 0 radical (unpaired) electrons. The molecule has 1 aliphatic heterocycles. The van der Waals surface area contributed by atoms with Crippen LogP contribution in [-0.2, 0) is 6.42 Å². The van der Waals surface area contributed by atoms with E-state index in [9.17, 15) is 5.11 Å². The maximum Gasteiger partial charge on any atom is 0.119 e. The zero-order valence-corrected chi connectivity index (χ0v) is 15.3. The van der Waals surface area contributed by atoms with E-state index in [0.717, 1.165) is 29.8 Å². The topological polar surface area (TPSA) is 45.6 Å². The molecule has 0 spiro atoms. The zero-order valence-electron chi connectivity index (χ0n) is 14.5. The normalized spacial score (nSPS) is 19.4. The van der Waals surface area contributed by atoms with E-state index in [1.165, 1.54) is 15.8 Å². The molecule has 1 N–H and O–H groups in total. The van der Waals surface area contributed by atoms with Gasteiger partial charge in [0.05, 0.1) is 28.9 Å². The van der Waals surface area contributed by atoms with Gasteiger partial charge in [-0.3, -0.25) is 4.90 Å². The van der Waals surface area contributed by atoms with Gasteiger partial charge < -0.3 is 9.84 Å². The molecule has 3 aromatic rings. The number of rotatable bonds is 3. The summed E-state index contributed by atoms with van der Waals surface area (Å²) in [4.78, 5) is 6.78. The number of ether oxygens (including phenoxy) is 1. The predicted molar refractivity (Wildman–Crippen MR) is 101 cm³/mol. The highest BCUT2D eigenvalue weighted by Gasteiger charge is 2.25. The first-order chi connectivity index (χ1) is 12.2. The maximum atomic E-state index is 10.7. The number of benzene rings is 2. The van der Waals surface area contributed by atoms with Gasteiger partial charge in [-0.15, -0.1) is 11.3 Å². The molecule has 0 unspecified atom stereocenters. The Morgan fingerprint density at radius 1 is 1.28 bits per heavy atom. The molecule has 0 saturated heterocycles. The fourth-order valence-electron chi connectivity index (χ4n) is 3.62. The van der Waals surface area contributed by atoms with Gasteiger partial charge in [0.25, 0.3) is 0 Å².